The Labute approximate surface area is 110 Å². The first-order valence-electron chi connectivity index (χ1n) is 5.87. The Morgan fingerprint density at radius 1 is 1.26 bits per heavy atom. The maximum absolute atomic E-state index is 12.7. The highest BCUT2D eigenvalue weighted by Gasteiger charge is 2.22. The van der Waals surface area contributed by atoms with E-state index >= 15 is 0 Å². The molecule has 0 saturated carbocycles. The number of carboxylic acid groups (broad SMARTS) is 1. The molecule has 0 radical (unpaired) electrons. The van der Waals surface area contributed by atoms with Gasteiger partial charge in [-0.25, -0.2) is 9.18 Å². The van der Waals surface area contributed by atoms with E-state index in [0.29, 0.717) is 5.56 Å². The third-order valence-corrected chi connectivity index (χ3v) is 2.53. The molecule has 1 unspecified atom stereocenters. The molecule has 1 rings (SSSR count). The molecule has 0 aliphatic heterocycles. The predicted octanol–water partition coefficient (Wildman–Crippen LogP) is 2.06. The largest absolute Gasteiger partial charge is 0.480 e. The zero-order valence-corrected chi connectivity index (χ0v) is 10.8. The molecule has 1 aromatic rings. The molecule has 1 atom stereocenters. The van der Waals surface area contributed by atoms with Gasteiger partial charge in [-0.3, -0.25) is 4.79 Å². The quantitative estimate of drug-likeness (QED) is 0.801. The number of nitrogens with one attached hydrogen (secondary N) is 1. The summed E-state index contributed by atoms with van der Waals surface area (Å²) in [6, 6.07) is 4.69. The lowest BCUT2D eigenvalue weighted by Gasteiger charge is -2.16. The van der Waals surface area contributed by atoms with Gasteiger partial charge in [0, 0.05) is 6.08 Å². The van der Waals surface area contributed by atoms with E-state index in [0.717, 1.165) is 0 Å². The van der Waals surface area contributed by atoms with Gasteiger partial charge in [0.05, 0.1) is 0 Å². The predicted molar refractivity (Wildman–Crippen MR) is 69.8 cm³/mol. The molecule has 19 heavy (non-hydrogen) atoms. The Morgan fingerprint density at radius 2 is 1.84 bits per heavy atom. The average Bonchev–Trinajstić information content (AvgIpc) is 2.34. The summed E-state index contributed by atoms with van der Waals surface area (Å²) in [5.74, 6) is -2.13. The van der Waals surface area contributed by atoms with Gasteiger partial charge in [-0.05, 0) is 29.7 Å². The second-order valence-electron chi connectivity index (χ2n) is 4.45. The Morgan fingerprint density at radius 3 is 2.32 bits per heavy atom. The summed E-state index contributed by atoms with van der Waals surface area (Å²) < 4.78 is 12.7. The second kappa shape index (κ2) is 6.68. The number of rotatable bonds is 5. The van der Waals surface area contributed by atoms with Crippen molar-refractivity contribution in [3.05, 3.63) is 41.7 Å². The van der Waals surface area contributed by atoms with Crippen LogP contribution in [0.5, 0.6) is 0 Å². The first-order valence-corrected chi connectivity index (χ1v) is 5.87. The molecule has 0 aliphatic carbocycles. The minimum Gasteiger partial charge on any atom is -0.480 e. The fourth-order valence-electron chi connectivity index (χ4n) is 1.46. The van der Waals surface area contributed by atoms with Gasteiger partial charge in [0.15, 0.2) is 0 Å². The molecule has 1 aromatic carbocycles. The molecule has 0 aliphatic rings. The molecule has 5 heteroatoms. The third-order valence-electron chi connectivity index (χ3n) is 2.53. The van der Waals surface area contributed by atoms with Crippen molar-refractivity contribution in [3.63, 3.8) is 0 Å². The molecule has 2 N–H and O–H groups in total. The van der Waals surface area contributed by atoms with Gasteiger partial charge in [-0.15, -0.1) is 0 Å². The van der Waals surface area contributed by atoms with Crippen molar-refractivity contribution in [2.75, 3.05) is 0 Å². The summed E-state index contributed by atoms with van der Waals surface area (Å²) in [4.78, 5) is 22.5. The first-order chi connectivity index (χ1) is 8.90. The minimum atomic E-state index is -1.07. The van der Waals surface area contributed by atoms with Crippen molar-refractivity contribution < 1.29 is 19.1 Å². The van der Waals surface area contributed by atoms with Crippen LogP contribution in [0.25, 0.3) is 6.08 Å². The number of carbonyl (C=O) groups excluding carboxylic acids is 1. The van der Waals surface area contributed by atoms with Crippen LogP contribution in [0.4, 0.5) is 4.39 Å². The molecular weight excluding hydrogens is 249 g/mol. The number of amides is 1. The Bertz CT molecular complexity index is 480. The smallest absolute Gasteiger partial charge is 0.326 e. The molecule has 0 heterocycles. The molecule has 102 valence electrons. The maximum Gasteiger partial charge on any atom is 0.326 e. The van der Waals surface area contributed by atoms with Crippen LogP contribution in [0.1, 0.15) is 19.4 Å². The van der Waals surface area contributed by atoms with Crippen molar-refractivity contribution in [2.24, 2.45) is 5.92 Å². The third kappa shape index (κ3) is 4.91. The highest BCUT2D eigenvalue weighted by Crippen LogP contribution is 2.05. The van der Waals surface area contributed by atoms with Crippen molar-refractivity contribution in [1.82, 2.24) is 5.32 Å². The average molecular weight is 265 g/mol. The van der Waals surface area contributed by atoms with Crippen LogP contribution < -0.4 is 5.32 Å². The number of aliphatic carboxylic acids is 1. The molecule has 0 fully saturated rings. The molecule has 0 spiro atoms. The van der Waals surface area contributed by atoms with E-state index in [-0.39, 0.29) is 11.7 Å². The highest BCUT2D eigenvalue weighted by atomic mass is 19.1. The standard InChI is InChI=1S/C14H16FNO3/c1-9(2)13(14(18)19)16-12(17)8-5-10-3-6-11(15)7-4-10/h3-9,13H,1-2H3,(H,16,17)(H,18,19)/b8-5+. The highest BCUT2D eigenvalue weighted by molar-refractivity contribution is 5.94. The van der Waals surface area contributed by atoms with E-state index < -0.39 is 17.9 Å². The number of carboxylic acids is 1. The molecule has 0 bridgehead atoms. The summed E-state index contributed by atoms with van der Waals surface area (Å²) in [5, 5.41) is 11.3. The van der Waals surface area contributed by atoms with Crippen LogP contribution in [0.3, 0.4) is 0 Å². The van der Waals surface area contributed by atoms with Crippen LogP contribution in [0.2, 0.25) is 0 Å². The molecule has 1 amide bonds. The second-order valence-corrected chi connectivity index (χ2v) is 4.45. The lowest BCUT2D eigenvalue weighted by molar-refractivity contribution is -0.142. The van der Waals surface area contributed by atoms with E-state index in [1.807, 2.05) is 0 Å². The number of carbonyl (C=O) groups is 2. The van der Waals surface area contributed by atoms with Gasteiger partial charge < -0.3 is 10.4 Å². The maximum atomic E-state index is 12.7. The fraction of sp³-hybridized carbons (Fsp3) is 0.286. The van der Waals surface area contributed by atoms with Crippen molar-refractivity contribution in [3.8, 4) is 0 Å². The monoisotopic (exact) mass is 265 g/mol. The SMILES string of the molecule is CC(C)C(NC(=O)/C=C/c1ccc(F)cc1)C(=O)O. The first kappa shape index (κ1) is 14.9. The van der Waals surface area contributed by atoms with E-state index in [9.17, 15) is 14.0 Å². The van der Waals surface area contributed by atoms with Crippen LogP contribution in [-0.2, 0) is 9.59 Å². The number of benzene rings is 1. The summed E-state index contributed by atoms with van der Waals surface area (Å²) in [7, 11) is 0. The molecule has 4 nitrogen and oxygen atoms in total. The summed E-state index contributed by atoms with van der Waals surface area (Å²) in [6.45, 7) is 3.42. The van der Waals surface area contributed by atoms with Gasteiger partial charge in [0.2, 0.25) is 5.91 Å². The summed E-state index contributed by atoms with van der Waals surface area (Å²) in [5.41, 5.74) is 0.660. The van der Waals surface area contributed by atoms with E-state index in [1.165, 1.54) is 36.4 Å². The van der Waals surface area contributed by atoms with Gasteiger partial charge in [0.25, 0.3) is 0 Å². The lowest BCUT2D eigenvalue weighted by Crippen LogP contribution is -2.43. The Balaban J connectivity index is 2.64. The number of hydrogen-bond donors (Lipinski definition) is 2. The van der Waals surface area contributed by atoms with Gasteiger partial charge in [0.1, 0.15) is 11.9 Å². The van der Waals surface area contributed by atoms with Gasteiger partial charge in [-0.2, -0.15) is 0 Å². The van der Waals surface area contributed by atoms with Crippen molar-refractivity contribution >= 4 is 18.0 Å². The zero-order chi connectivity index (χ0) is 14.4. The van der Waals surface area contributed by atoms with E-state index in [4.69, 9.17) is 5.11 Å². The van der Waals surface area contributed by atoms with Crippen molar-refractivity contribution in [2.45, 2.75) is 19.9 Å². The van der Waals surface area contributed by atoms with Crippen LogP contribution in [0, 0.1) is 11.7 Å². The normalized spacial score (nSPS) is 12.6. The molecule has 0 saturated heterocycles. The van der Waals surface area contributed by atoms with Crippen LogP contribution in [0.15, 0.2) is 30.3 Å². The van der Waals surface area contributed by atoms with Crippen LogP contribution in [-0.4, -0.2) is 23.0 Å². The summed E-state index contributed by atoms with van der Waals surface area (Å²) >= 11 is 0. The minimum absolute atomic E-state index is 0.208. The Kier molecular flexibility index (Phi) is 5.23. The van der Waals surface area contributed by atoms with Crippen molar-refractivity contribution in [1.29, 1.82) is 0 Å². The summed E-state index contributed by atoms with van der Waals surface area (Å²) in [6.07, 6.45) is 2.72. The number of hydrogen-bond acceptors (Lipinski definition) is 2. The van der Waals surface area contributed by atoms with Gasteiger partial charge >= 0.3 is 5.97 Å². The van der Waals surface area contributed by atoms with Gasteiger partial charge in [-0.1, -0.05) is 26.0 Å². The zero-order valence-electron chi connectivity index (χ0n) is 10.8. The fourth-order valence-corrected chi connectivity index (χ4v) is 1.46. The topological polar surface area (TPSA) is 66.4 Å². The Hall–Kier alpha value is -2.17. The van der Waals surface area contributed by atoms with E-state index in [2.05, 4.69) is 5.32 Å². The van der Waals surface area contributed by atoms with Crippen LogP contribution >= 0.6 is 0 Å². The molecule has 0 aromatic heterocycles. The van der Waals surface area contributed by atoms with E-state index in [1.54, 1.807) is 13.8 Å². The molecular formula is C14H16FNO3. The lowest BCUT2D eigenvalue weighted by atomic mass is 10.0. The number of halogens is 1.